The predicted molar refractivity (Wildman–Crippen MR) is 64.4 cm³/mol. The highest BCUT2D eigenvalue weighted by Gasteiger charge is 2.37. The second-order valence-electron chi connectivity index (χ2n) is 4.26. The summed E-state index contributed by atoms with van der Waals surface area (Å²) >= 11 is 0. The molecule has 2 aliphatic rings. The molecule has 3 rings (SSSR count). The maximum Gasteiger partial charge on any atom is 0.202 e. The van der Waals surface area contributed by atoms with Crippen molar-refractivity contribution in [3.63, 3.8) is 0 Å². The lowest BCUT2D eigenvalue weighted by Crippen LogP contribution is -2.38. The third-order valence-electron chi connectivity index (χ3n) is 3.12. The highest BCUT2D eigenvalue weighted by molar-refractivity contribution is 6.12. The Labute approximate surface area is 105 Å². The van der Waals surface area contributed by atoms with Gasteiger partial charge in [-0.15, -0.1) is 0 Å². The van der Waals surface area contributed by atoms with Crippen LogP contribution in [0, 0.1) is 0 Å². The minimum atomic E-state index is -0.332. The van der Waals surface area contributed by atoms with E-state index in [0.29, 0.717) is 29.9 Å². The molecule has 0 saturated carbocycles. The van der Waals surface area contributed by atoms with Gasteiger partial charge in [-0.3, -0.25) is 4.79 Å². The summed E-state index contributed by atoms with van der Waals surface area (Å²) in [4.78, 5) is 12.2. The van der Waals surface area contributed by atoms with Crippen molar-refractivity contribution in [2.45, 2.75) is 25.7 Å². The van der Waals surface area contributed by atoms with Crippen LogP contribution < -0.4 is 4.74 Å². The summed E-state index contributed by atoms with van der Waals surface area (Å²) in [5.41, 5.74) is 1.17. The van der Waals surface area contributed by atoms with E-state index < -0.39 is 0 Å². The van der Waals surface area contributed by atoms with Gasteiger partial charge in [-0.1, -0.05) is 12.1 Å². The van der Waals surface area contributed by atoms with Crippen LogP contribution in [0.1, 0.15) is 23.7 Å². The Kier molecular flexibility index (Phi) is 2.80. The normalized spacial score (nSPS) is 25.4. The molecule has 0 aromatic heterocycles. The molecule has 4 heteroatoms. The third kappa shape index (κ3) is 1.78. The van der Waals surface area contributed by atoms with Crippen molar-refractivity contribution < 1.29 is 19.0 Å². The van der Waals surface area contributed by atoms with Gasteiger partial charge in [0, 0.05) is 6.61 Å². The first-order valence-corrected chi connectivity index (χ1v) is 6.07. The van der Waals surface area contributed by atoms with E-state index in [9.17, 15) is 4.79 Å². The van der Waals surface area contributed by atoms with Crippen LogP contribution in [0.25, 0.3) is 0 Å². The summed E-state index contributed by atoms with van der Waals surface area (Å²) in [6.07, 6.45) is 1.42. The van der Waals surface area contributed by atoms with Gasteiger partial charge in [0.25, 0.3) is 0 Å². The predicted octanol–water partition coefficient (Wildman–Crippen LogP) is 2.30. The Morgan fingerprint density at radius 3 is 3.06 bits per heavy atom. The van der Waals surface area contributed by atoms with Crippen molar-refractivity contribution in [2.24, 2.45) is 0 Å². The molecule has 2 aliphatic heterocycles. The molecule has 18 heavy (non-hydrogen) atoms. The summed E-state index contributed by atoms with van der Waals surface area (Å²) in [6, 6.07) is 7.27. The van der Waals surface area contributed by atoms with Crippen molar-refractivity contribution in [1.82, 2.24) is 0 Å². The molecule has 0 bridgehead atoms. The molecular weight excluding hydrogens is 232 g/mol. The summed E-state index contributed by atoms with van der Waals surface area (Å²) in [5.74, 6) is 0.624. The average Bonchev–Trinajstić information content (AvgIpc) is 2.39. The summed E-state index contributed by atoms with van der Waals surface area (Å²) < 4.78 is 16.6. The standard InChI is InChI=1S/C14H14O4/c1-2-16-13-7-12-10(8-17-13)14(15)9-5-3-4-6-11(9)18-12/h3-6,8,12-13H,2,7H2,1H3/t12-,13+/m1/s1. The molecule has 0 aliphatic carbocycles. The summed E-state index contributed by atoms with van der Waals surface area (Å²) in [7, 11) is 0. The second-order valence-corrected chi connectivity index (χ2v) is 4.26. The Bertz CT molecular complexity index is 506. The number of rotatable bonds is 2. The number of ether oxygens (including phenoxy) is 3. The van der Waals surface area contributed by atoms with Gasteiger partial charge in [0.1, 0.15) is 11.9 Å². The fourth-order valence-corrected chi connectivity index (χ4v) is 2.25. The molecule has 0 amide bonds. The van der Waals surface area contributed by atoms with Gasteiger partial charge in [-0.2, -0.15) is 0 Å². The minimum Gasteiger partial charge on any atom is -0.484 e. The molecule has 0 unspecified atom stereocenters. The van der Waals surface area contributed by atoms with Crippen LogP contribution in [-0.2, 0) is 9.47 Å². The van der Waals surface area contributed by atoms with E-state index in [1.165, 1.54) is 6.26 Å². The van der Waals surface area contributed by atoms with Crippen LogP contribution in [-0.4, -0.2) is 24.8 Å². The number of benzene rings is 1. The maximum absolute atomic E-state index is 12.2. The van der Waals surface area contributed by atoms with Crippen molar-refractivity contribution >= 4 is 5.78 Å². The molecule has 4 nitrogen and oxygen atoms in total. The SMILES string of the molecule is CCO[C@@H]1C[C@H]2Oc3ccccc3C(=O)C2=CO1. The Hall–Kier alpha value is -1.81. The molecule has 1 aromatic rings. The Balaban J connectivity index is 1.91. The van der Waals surface area contributed by atoms with Gasteiger partial charge in [-0.05, 0) is 19.1 Å². The number of ketones is 1. The molecule has 0 radical (unpaired) electrons. The molecule has 1 aromatic carbocycles. The van der Waals surface area contributed by atoms with E-state index in [1.807, 2.05) is 25.1 Å². The van der Waals surface area contributed by atoms with E-state index in [0.717, 1.165) is 0 Å². The van der Waals surface area contributed by atoms with Crippen LogP contribution in [0.15, 0.2) is 36.1 Å². The quantitative estimate of drug-likeness (QED) is 0.803. The summed E-state index contributed by atoms with van der Waals surface area (Å²) in [5, 5.41) is 0. The van der Waals surface area contributed by atoms with Crippen LogP contribution >= 0.6 is 0 Å². The van der Waals surface area contributed by atoms with Gasteiger partial charge < -0.3 is 14.2 Å². The lowest BCUT2D eigenvalue weighted by atomic mass is 9.93. The van der Waals surface area contributed by atoms with Crippen LogP contribution in [0.3, 0.4) is 0 Å². The highest BCUT2D eigenvalue weighted by Crippen LogP contribution is 2.34. The Morgan fingerprint density at radius 1 is 1.39 bits per heavy atom. The number of carbonyl (C=O) groups is 1. The van der Waals surface area contributed by atoms with Crippen LogP contribution in [0.2, 0.25) is 0 Å². The topological polar surface area (TPSA) is 44.8 Å². The number of fused-ring (bicyclic) bond motifs is 2. The smallest absolute Gasteiger partial charge is 0.202 e. The third-order valence-corrected chi connectivity index (χ3v) is 3.12. The largest absolute Gasteiger partial charge is 0.484 e. The summed E-state index contributed by atoms with van der Waals surface area (Å²) in [6.45, 7) is 2.48. The van der Waals surface area contributed by atoms with E-state index in [4.69, 9.17) is 14.2 Å². The van der Waals surface area contributed by atoms with E-state index in [-0.39, 0.29) is 18.2 Å². The number of hydrogen-bond acceptors (Lipinski definition) is 4. The molecule has 0 saturated heterocycles. The zero-order valence-corrected chi connectivity index (χ0v) is 10.1. The first kappa shape index (κ1) is 11.3. The molecule has 0 fully saturated rings. The number of para-hydroxylation sites is 1. The van der Waals surface area contributed by atoms with Gasteiger partial charge >= 0.3 is 0 Å². The molecule has 0 N–H and O–H groups in total. The van der Waals surface area contributed by atoms with Gasteiger partial charge in [0.05, 0.1) is 23.8 Å². The van der Waals surface area contributed by atoms with Crippen LogP contribution in [0.4, 0.5) is 0 Å². The van der Waals surface area contributed by atoms with Gasteiger partial charge in [0.15, 0.2) is 5.78 Å². The maximum atomic E-state index is 12.2. The van der Waals surface area contributed by atoms with Crippen molar-refractivity contribution in [1.29, 1.82) is 0 Å². The zero-order chi connectivity index (χ0) is 12.5. The van der Waals surface area contributed by atoms with E-state index in [2.05, 4.69) is 0 Å². The first-order valence-electron chi connectivity index (χ1n) is 6.07. The fourth-order valence-electron chi connectivity index (χ4n) is 2.25. The highest BCUT2D eigenvalue weighted by atomic mass is 16.7. The first-order chi connectivity index (χ1) is 8.79. The monoisotopic (exact) mass is 246 g/mol. The lowest BCUT2D eigenvalue weighted by Gasteiger charge is -2.33. The van der Waals surface area contributed by atoms with Crippen LogP contribution in [0.5, 0.6) is 5.75 Å². The second kappa shape index (κ2) is 4.46. The zero-order valence-electron chi connectivity index (χ0n) is 10.1. The van der Waals surface area contributed by atoms with E-state index >= 15 is 0 Å². The van der Waals surface area contributed by atoms with E-state index in [1.54, 1.807) is 6.07 Å². The molecule has 94 valence electrons. The molecule has 2 heterocycles. The number of hydrogen-bond donors (Lipinski definition) is 0. The number of carbonyl (C=O) groups excluding carboxylic acids is 1. The lowest BCUT2D eigenvalue weighted by molar-refractivity contribution is -0.127. The fraction of sp³-hybridized carbons (Fsp3) is 0.357. The molecular formula is C14H14O4. The van der Waals surface area contributed by atoms with Gasteiger partial charge in [0.2, 0.25) is 6.29 Å². The van der Waals surface area contributed by atoms with Crippen molar-refractivity contribution in [3.8, 4) is 5.75 Å². The molecule has 0 spiro atoms. The average molecular weight is 246 g/mol. The number of Topliss-reactive ketones (excluding diaryl/α,β-unsaturated/α-hetero) is 1. The van der Waals surface area contributed by atoms with Crippen molar-refractivity contribution in [2.75, 3.05) is 6.61 Å². The molecule has 2 atom stereocenters. The van der Waals surface area contributed by atoms with Crippen molar-refractivity contribution in [3.05, 3.63) is 41.7 Å². The minimum absolute atomic E-state index is 0.0169. The van der Waals surface area contributed by atoms with Gasteiger partial charge in [-0.25, -0.2) is 0 Å². The Morgan fingerprint density at radius 2 is 2.22 bits per heavy atom.